The van der Waals surface area contributed by atoms with Gasteiger partial charge in [0.2, 0.25) is 0 Å². The summed E-state index contributed by atoms with van der Waals surface area (Å²) in [6.07, 6.45) is -0.998. The van der Waals surface area contributed by atoms with Crippen molar-refractivity contribution >= 4 is 0 Å². The van der Waals surface area contributed by atoms with Gasteiger partial charge in [0.25, 0.3) is 0 Å². The van der Waals surface area contributed by atoms with E-state index in [9.17, 15) is 4.39 Å². The Morgan fingerprint density at radius 2 is 2.56 bits per heavy atom. The molecule has 2 atom stereocenters. The van der Waals surface area contributed by atoms with Gasteiger partial charge in [0, 0.05) is 5.41 Å². The van der Waals surface area contributed by atoms with Gasteiger partial charge >= 0.3 is 0 Å². The zero-order valence-corrected chi connectivity index (χ0v) is 5.43. The molecule has 0 bridgehead atoms. The Kier molecular flexibility index (Phi) is 1.73. The van der Waals surface area contributed by atoms with E-state index in [4.69, 9.17) is 9.84 Å². The van der Waals surface area contributed by atoms with Crippen molar-refractivity contribution in [2.75, 3.05) is 19.8 Å². The fourth-order valence-electron chi connectivity index (χ4n) is 0.832. The summed E-state index contributed by atoms with van der Waals surface area (Å²) in [5.41, 5.74) is -0.639. The summed E-state index contributed by atoms with van der Waals surface area (Å²) in [6.45, 7) is 2.03. The van der Waals surface area contributed by atoms with Crippen LogP contribution in [0, 0.1) is 5.41 Å². The van der Waals surface area contributed by atoms with Crippen molar-refractivity contribution < 1.29 is 14.2 Å². The molecule has 0 amide bonds. The number of hydrogen-bond acceptors (Lipinski definition) is 2. The van der Waals surface area contributed by atoms with Gasteiger partial charge in [0.15, 0.2) is 0 Å². The molecule has 2 nitrogen and oxygen atoms in total. The van der Waals surface area contributed by atoms with Crippen molar-refractivity contribution in [3.8, 4) is 0 Å². The van der Waals surface area contributed by atoms with Gasteiger partial charge in [0.1, 0.15) is 6.17 Å². The smallest absolute Gasteiger partial charge is 0.133 e. The number of aliphatic hydroxyl groups is 1. The number of alkyl halides is 1. The number of ether oxygens (including phenoxy) is 1. The van der Waals surface area contributed by atoms with Gasteiger partial charge in [-0.15, -0.1) is 0 Å². The third-order valence-corrected chi connectivity index (χ3v) is 1.81. The Morgan fingerprint density at radius 3 is 2.78 bits per heavy atom. The van der Waals surface area contributed by atoms with Crippen LogP contribution in [0.4, 0.5) is 4.39 Å². The monoisotopic (exact) mass is 134 g/mol. The first-order valence-corrected chi connectivity index (χ1v) is 3.02. The van der Waals surface area contributed by atoms with Gasteiger partial charge in [-0.05, 0) is 0 Å². The van der Waals surface area contributed by atoms with Gasteiger partial charge in [-0.1, -0.05) is 6.92 Å². The number of hydrogen-bond donors (Lipinski definition) is 1. The highest BCUT2D eigenvalue weighted by Gasteiger charge is 2.39. The lowest BCUT2D eigenvalue weighted by Gasteiger charge is -2.20. The van der Waals surface area contributed by atoms with Crippen LogP contribution in [-0.2, 0) is 4.74 Å². The van der Waals surface area contributed by atoms with Crippen LogP contribution in [0.25, 0.3) is 0 Å². The summed E-state index contributed by atoms with van der Waals surface area (Å²) >= 11 is 0. The lowest BCUT2D eigenvalue weighted by molar-refractivity contribution is 0.0800. The van der Waals surface area contributed by atoms with E-state index < -0.39 is 11.6 Å². The van der Waals surface area contributed by atoms with Crippen molar-refractivity contribution in [1.29, 1.82) is 0 Å². The van der Waals surface area contributed by atoms with E-state index in [0.29, 0.717) is 6.61 Å². The standard InChI is InChI=1S/C6H11FO2/c1-6(3-8)4-9-2-5(6)7/h5,8H,2-4H2,1H3. The predicted molar refractivity (Wildman–Crippen MR) is 30.9 cm³/mol. The molecule has 1 aliphatic rings. The van der Waals surface area contributed by atoms with Crippen LogP contribution < -0.4 is 0 Å². The lowest BCUT2D eigenvalue weighted by Crippen LogP contribution is -2.31. The highest BCUT2D eigenvalue weighted by molar-refractivity contribution is 4.86. The maximum absolute atomic E-state index is 12.7. The number of rotatable bonds is 1. The Morgan fingerprint density at radius 1 is 1.89 bits per heavy atom. The van der Waals surface area contributed by atoms with Gasteiger partial charge in [-0.3, -0.25) is 0 Å². The van der Waals surface area contributed by atoms with Crippen LogP contribution in [-0.4, -0.2) is 31.1 Å². The van der Waals surface area contributed by atoms with Crippen molar-refractivity contribution in [2.24, 2.45) is 5.41 Å². The minimum atomic E-state index is -0.998. The molecular weight excluding hydrogens is 123 g/mol. The lowest BCUT2D eigenvalue weighted by atomic mass is 9.90. The molecule has 1 aliphatic heterocycles. The second-order valence-electron chi connectivity index (χ2n) is 2.79. The quantitative estimate of drug-likeness (QED) is 0.560. The average Bonchev–Trinajstić information content (AvgIpc) is 2.15. The van der Waals surface area contributed by atoms with Crippen LogP contribution in [0.2, 0.25) is 0 Å². The Bertz CT molecular complexity index is 107. The first-order valence-electron chi connectivity index (χ1n) is 3.02. The second kappa shape index (κ2) is 2.23. The molecule has 0 aromatic carbocycles. The Labute approximate surface area is 53.6 Å². The van der Waals surface area contributed by atoms with E-state index in [-0.39, 0.29) is 13.2 Å². The molecule has 0 aliphatic carbocycles. The molecule has 9 heavy (non-hydrogen) atoms. The molecule has 1 heterocycles. The number of halogens is 1. The molecule has 54 valence electrons. The van der Waals surface area contributed by atoms with Crippen molar-refractivity contribution in [2.45, 2.75) is 13.1 Å². The van der Waals surface area contributed by atoms with Gasteiger partial charge in [0.05, 0.1) is 19.8 Å². The highest BCUT2D eigenvalue weighted by atomic mass is 19.1. The molecule has 0 radical (unpaired) electrons. The molecule has 2 unspecified atom stereocenters. The molecule has 3 heteroatoms. The maximum atomic E-state index is 12.7. The van der Waals surface area contributed by atoms with Crippen LogP contribution in [0.15, 0.2) is 0 Å². The van der Waals surface area contributed by atoms with Crippen molar-refractivity contribution in [1.82, 2.24) is 0 Å². The van der Waals surface area contributed by atoms with E-state index in [2.05, 4.69) is 0 Å². The van der Waals surface area contributed by atoms with Crippen LogP contribution in [0.1, 0.15) is 6.92 Å². The van der Waals surface area contributed by atoms with Crippen molar-refractivity contribution in [3.63, 3.8) is 0 Å². The maximum Gasteiger partial charge on any atom is 0.133 e. The Hall–Kier alpha value is -0.150. The first kappa shape index (κ1) is 6.96. The largest absolute Gasteiger partial charge is 0.396 e. The zero-order chi connectivity index (χ0) is 6.91. The van der Waals surface area contributed by atoms with E-state index in [1.807, 2.05) is 0 Å². The van der Waals surface area contributed by atoms with Gasteiger partial charge in [-0.2, -0.15) is 0 Å². The summed E-state index contributed by atoms with van der Waals surface area (Å²) in [4.78, 5) is 0. The summed E-state index contributed by atoms with van der Waals surface area (Å²) in [6, 6.07) is 0. The predicted octanol–water partition coefficient (Wildman–Crippen LogP) is 0.353. The molecule has 0 saturated carbocycles. The van der Waals surface area contributed by atoms with Crippen LogP contribution in [0.3, 0.4) is 0 Å². The van der Waals surface area contributed by atoms with E-state index >= 15 is 0 Å². The molecule has 1 rings (SSSR count). The van der Waals surface area contributed by atoms with Crippen molar-refractivity contribution in [3.05, 3.63) is 0 Å². The highest BCUT2D eigenvalue weighted by Crippen LogP contribution is 2.29. The molecule has 0 aromatic heterocycles. The molecule has 1 saturated heterocycles. The summed E-state index contributed by atoms with van der Waals surface area (Å²) in [7, 11) is 0. The van der Waals surface area contributed by atoms with E-state index in [0.717, 1.165) is 0 Å². The van der Waals surface area contributed by atoms with Crippen LogP contribution in [0.5, 0.6) is 0 Å². The molecule has 1 fully saturated rings. The minimum Gasteiger partial charge on any atom is -0.396 e. The minimum absolute atomic E-state index is 0.131. The SMILES string of the molecule is CC1(CO)COCC1F. The fraction of sp³-hybridized carbons (Fsp3) is 1.00. The second-order valence-corrected chi connectivity index (χ2v) is 2.79. The normalized spacial score (nSPS) is 43.7. The van der Waals surface area contributed by atoms with E-state index in [1.165, 1.54) is 0 Å². The molecular formula is C6H11FO2. The summed E-state index contributed by atoms with van der Waals surface area (Å²) in [5.74, 6) is 0. The van der Waals surface area contributed by atoms with Crippen LogP contribution >= 0.6 is 0 Å². The summed E-state index contributed by atoms with van der Waals surface area (Å²) < 4.78 is 17.5. The molecule has 0 aromatic rings. The van der Waals surface area contributed by atoms with E-state index in [1.54, 1.807) is 6.92 Å². The zero-order valence-electron chi connectivity index (χ0n) is 5.43. The third kappa shape index (κ3) is 1.07. The third-order valence-electron chi connectivity index (χ3n) is 1.81. The Balaban J connectivity index is 2.56. The van der Waals surface area contributed by atoms with Gasteiger partial charge in [-0.25, -0.2) is 4.39 Å². The van der Waals surface area contributed by atoms with Gasteiger partial charge < -0.3 is 9.84 Å². The molecule has 1 N–H and O–H groups in total. The number of aliphatic hydroxyl groups excluding tert-OH is 1. The summed E-state index contributed by atoms with van der Waals surface area (Å²) in [5, 5.41) is 8.68. The average molecular weight is 134 g/mol. The first-order chi connectivity index (χ1) is 4.19. The molecule has 0 spiro atoms. The fourth-order valence-corrected chi connectivity index (χ4v) is 0.832. The topological polar surface area (TPSA) is 29.5 Å².